The first-order chi connectivity index (χ1) is 16.4. The monoisotopic (exact) mass is 506 g/mol. The van der Waals surface area contributed by atoms with Crippen LogP contribution >= 0.6 is 0 Å². The highest BCUT2D eigenvalue weighted by Crippen LogP contribution is 2.34. The average molecular weight is 506 g/mol. The Kier molecular flexibility index (Phi) is 8.21. The van der Waals surface area contributed by atoms with Crippen molar-refractivity contribution in [2.45, 2.75) is 58.2 Å². The Labute approximate surface area is 197 Å². The molecule has 1 amide bonds. The molecule has 0 bridgehead atoms. The summed E-state index contributed by atoms with van der Waals surface area (Å²) in [6.45, 7) is 4.23. The van der Waals surface area contributed by atoms with Gasteiger partial charge in [-0.15, -0.1) is 0 Å². The molecule has 1 aliphatic heterocycles. The van der Waals surface area contributed by atoms with Crippen LogP contribution in [0.1, 0.15) is 60.8 Å². The summed E-state index contributed by atoms with van der Waals surface area (Å²) in [5, 5.41) is 4.79. The number of hydrogen-bond acceptors (Lipinski definition) is 6. The lowest BCUT2D eigenvalue weighted by Gasteiger charge is -2.23. The summed E-state index contributed by atoms with van der Waals surface area (Å²) in [6.07, 6.45) is -9.22. The molecular weight excluding hydrogens is 482 g/mol. The third-order valence-electron chi connectivity index (χ3n) is 5.30. The van der Waals surface area contributed by atoms with Crippen molar-refractivity contribution in [3.63, 3.8) is 0 Å². The number of halogens is 6. The van der Waals surface area contributed by atoms with Gasteiger partial charge in [0.15, 0.2) is 6.29 Å². The molecule has 1 fully saturated rings. The summed E-state index contributed by atoms with van der Waals surface area (Å²) in [5.74, 6) is -1.79. The summed E-state index contributed by atoms with van der Waals surface area (Å²) >= 11 is 0. The second-order valence-electron chi connectivity index (χ2n) is 7.98. The molecule has 0 radical (unpaired) electrons. The average Bonchev–Trinajstić information content (AvgIpc) is 3.26. The van der Waals surface area contributed by atoms with Crippen molar-refractivity contribution in [1.82, 2.24) is 15.3 Å². The maximum atomic E-state index is 14.7. The van der Waals surface area contributed by atoms with Gasteiger partial charge in [-0.2, -0.15) is 13.2 Å². The van der Waals surface area contributed by atoms with E-state index in [4.69, 9.17) is 9.47 Å². The first kappa shape index (κ1) is 26.7. The van der Waals surface area contributed by atoms with Crippen LogP contribution in [0, 0.1) is 12.7 Å². The molecule has 2 atom stereocenters. The van der Waals surface area contributed by atoms with E-state index < -0.39 is 54.7 Å². The van der Waals surface area contributed by atoms with E-state index in [9.17, 15) is 31.1 Å². The van der Waals surface area contributed by atoms with Gasteiger partial charge in [-0.1, -0.05) is 18.2 Å². The van der Waals surface area contributed by atoms with Crippen LogP contribution < -0.4 is 10.6 Å². The van der Waals surface area contributed by atoms with Crippen LogP contribution in [0.4, 0.5) is 32.2 Å². The number of carbonyl (C=O) groups excluding carboxylic acids is 1. The van der Waals surface area contributed by atoms with Gasteiger partial charge in [0, 0.05) is 5.56 Å². The summed E-state index contributed by atoms with van der Waals surface area (Å²) < 4.78 is 90.5. The Morgan fingerprint density at radius 2 is 1.77 bits per heavy atom. The number of carbonyl (C=O) groups is 1. The molecule has 3 rings (SSSR count). The minimum Gasteiger partial charge on any atom is -0.363 e. The van der Waals surface area contributed by atoms with Crippen LogP contribution in [-0.2, 0) is 20.7 Å². The largest absolute Gasteiger partial charge is 0.408 e. The Balaban J connectivity index is 1.95. The highest BCUT2D eigenvalue weighted by Gasteiger charge is 2.37. The lowest BCUT2D eigenvalue weighted by molar-refractivity contribution is -0.157. The number of alkyl halides is 5. The lowest BCUT2D eigenvalue weighted by atomic mass is 10.0. The standard InChI is InChI=1S/C22H24F6N4O3/c1-10(13-5-4-6-14(18(13)23)19(24)25)29-20-17(21-34-7-8-35-21)15(31-12(3)32-20)9-16(33)30-11(2)22(26,27)28/h4-6,10-11,19,21H,7-9H2,1-3H3,(H,30,33)(H,29,31,32)/t10-,11-/m1/s1. The van der Waals surface area contributed by atoms with Crippen molar-refractivity contribution < 1.29 is 40.6 Å². The van der Waals surface area contributed by atoms with Crippen LogP contribution in [0.2, 0.25) is 0 Å². The quantitative estimate of drug-likeness (QED) is 0.506. The minimum atomic E-state index is -4.63. The number of aryl methyl sites for hydroxylation is 1. The van der Waals surface area contributed by atoms with E-state index in [2.05, 4.69) is 15.3 Å². The first-order valence-electron chi connectivity index (χ1n) is 10.7. The molecule has 7 nitrogen and oxygen atoms in total. The van der Waals surface area contributed by atoms with Crippen LogP contribution in [0.3, 0.4) is 0 Å². The number of rotatable bonds is 8. The van der Waals surface area contributed by atoms with E-state index in [0.717, 1.165) is 13.0 Å². The third-order valence-corrected chi connectivity index (χ3v) is 5.30. The Bertz CT molecular complexity index is 1060. The summed E-state index contributed by atoms with van der Waals surface area (Å²) in [7, 11) is 0. The van der Waals surface area contributed by atoms with Crippen molar-refractivity contribution in [2.75, 3.05) is 18.5 Å². The molecule has 2 heterocycles. The van der Waals surface area contributed by atoms with Crippen molar-refractivity contribution in [1.29, 1.82) is 0 Å². The molecule has 0 unspecified atom stereocenters. The molecule has 2 aromatic rings. The van der Waals surface area contributed by atoms with Gasteiger partial charge in [0.1, 0.15) is 23.5 Å². The smallest absolute Gasteiger partial charge is 0.363 e. The van der Waals surface area contributed by atoms with Gasteiger partial charge >= 0.3 is 6.18 Å². The second kappa shape index (κ2) is 10.8. The molecule has 2 N–H and O–H groups in total. The van der Waals surface area contributed by atoms with Crippen LogP contribution in [0.25, 0.3) is 0 Å². The van der Waals surface area contributed by atoms with Crippen molar-refractivity contribution in [3.8, 4) is 0 Å². The molecule has 35 heavy (non-hydrogen) atoms. The highest BCUT2D eigenvalue weighted by molar-refractivity contribution is 5.79. The van der Waals surface area contributed by atoms with E-state index in [-0.39, 0.29) is 41.7 Å². The third kappa shape index (κ3) is 6.40. The van der Waals surface area contributed by atoms with Gasteiger partial charge in [0.2, 0.25) is 5.91 Å². The number of hydrogen-bond donors (Lipinski definition) is 2. The maximum Gasteiger partial charge on any atom is 0.408 e. The molecule has 0 spiro atoms. The second-order valence-corrected chi connectivity index (χ2v) is 7.98. The number of anilines is 1. The van der Waals surface area contributed by atoms with Gasteiger partial charge < -0.3 is 20.1 Å². The van der Waals surface area contributed by atoms with Crippen LogP contribution in [0.5, 0.6) is 0 Å². The fourth-order valence-corrected chi connectivity index (χ4v) is 3.54. The molecule has 0 saturated carbocycles. The predicted octanol–water partition coefficient (Wildman–Crippen LogP) is 4.69. The number of aromatic nitrogens is 2. The molecule has 13 heteroatoms. The molecule has 1 saturated heterocycles. The molecular formula is C22H24F6N4O3. The summed E-state index contributed by atoms with van der Waals surface area (Å²) in [4.78, 5) is 20.8. The summed E-state index contributed by atoms with van der Waals surface area (Å²) in [5.41, 5.74) is -0.613. The van der Waals surface area contributed by atoms with E-state index in [1.54, 1.807) is 0 Å². The molecule has 0 aliphatic carbocycles. The minimum absolute atomic E-state index is 0.0489. The number of ether oxygens (including phenoxy) is 2. The Morgan fingerprint density at radius 3 is 2.37 bits per heavy atom. The van der Waals surface area contributed by atoms with Crippen molar-refractivity contribution >= 4 is 11.7 Å². The molecule has 1 aromatic heterocycles. The van der Waals surface area contributed by atoms with E-state index in [1.807, 2.05) is 5.32 Å². The van der Waals surface area contributed by atoms with Gasteiger partial charge in [-0.25, -0.2) is 23.1 Å². The molecule has 1 aromatic carbocycles. The van der Waals surface area contributed by atoms with E-state index in [1.165, 1.54) is 26.0 Å². The fraction of sp³-hybridized carbons (Fsp3) is 0.500. The maximum absolute atomic E-state index is 14.7. The van der Waals surface area contributed by atoms with Crippen LogP contribution in [0.15, 0.2) is 18.2 Å². The number of nitrogens with zero attached hydrogens (tertiary/aromatic N) is 2. The zero-order valence-corrected chi connectivity index (χ0v) is 19.0. The van der Waals surface area contributed by atoms with Gasteiger partial charge in [-0.3, -0.25) is 4.79 Å². The lowest BCUT2D eigenvalue weighted by Crippen LogP contribution is -2.43. The SMILES string of the molecule is Cc1nc(CC(=O)N[C@H](C)C(F)(F)F)c(C2OCCO2)c(N[C@H](C)c2cccc(C(F)F)c2F)n1. The Morgan fingerprint density at radius 1 is 1.14 bits per heavy atom. The topological polar surface area (TPSA) is 85.4 Å². The van der Waals surface area contributed by atoms with Gasteiger partial charge in [0.25, 0.3) is 6.43 Å². The van der Waals surface area contributed by atoms with E-state index >= 15 is 0 Å². The van der Waals surface area contributed by atoms with Gasteiger partial charge in [0.05, 0.1) is 42.5 Å². The van der Waals surface area contributed by atoms with Crippen molar-refractivity contribution in [3.05, 3.63) is 52.2 Å². The molecule has 192 valence electrons. The van der Waals surface area contributed by atoms with E-state index in [0.29, 0.717) is 0 Å². The number of nitrogens with one attached hydrogen (secondary N) is 2. The molecule has 1 aliphatic rings. The van der Waals surface area contributed by atoms with Crippen LogP contribution in [-0.4, -0.2) is 41.3 Å². The van der Waals surface area contributed by atoms with Crippen molar-refractivity contribution in [2.24, 2.45) is 0 Å². The number of benzene rings is 1. The zero-order chi connectivity index (χ0) is 25.9. The fourth-order valence-electron chi connectivity index (χ4n) is 3.54. The highest BCUT2D eigenvalue weighted by atomic mass is 19.4. The number of amides is 1. The van der Waals surface area contributed by atoms with Gasteiger partial charge in [-0.05, 0) is 20.8 Å². The first-order valence-corrected chi connectivity index (χ1v) is 10.7. The Hall–Kier alpha value is -2.93. The normalized spacial score (nSPS) is 16.4. The summed E-state index contributed by atoms with van der Waals surface area (Å²) in [6, 6.07) is 0.667. The zero-order valence-electron chi connectivity index (χ0n) is 19.0. The predicted molar refractivity (Wildman–Crippen MR) is 112 cm³/mol.